The summed E-state index contributed by atoms with van der Waals surface area (Å²) in [5, 5.41) is 8.68. The third kappa shape index (κ3) is 8.43. The van der Waals surface area contributed by atoms with Crippen LogP contribution < -0.4 is 20.7 Å². The minimum atomic E-state index is -4.67. The number of carbonyl (C=O) groups is 2. The van der Waals surface area contributed by atoms with Crippen molar-refractivity contribution in [1.82, 2.24) is 25.1 Å². The van der Waals surface area contributed by atoms with Crippen LogP contribution >= 0.6 is 0 Å². The number of alkyl halides is 3. The number of hydrogen-bond acceptors (Lipinski definition) is 9. The standard InChI is InChI=1S/C27H36F3N7O4/c1-36-11-6-19(7-12-36)33-25(39)18-4-5-21(22(16-18)40-2)34-26-32-17-20(27(28,29)30)24(35-26)31-9-3-10-37-13-15-41-14-8-23(37)38/h4-5,16-17,19H,3,6-15H2,1-2H3,(H,33,39)(H2,31,32,34,35). The quantitative estimate of drug-likeness (QED) is 0.365. The van der Waals surface area contributed by atoms with Gasteiger partial charge in [-0.15, -0.1) is 0 Å². The van der Waals surface area contributed by atoms with Gasteiger partial charge in [-0.25, -0.2) is 4.98 Å². The van der Waals surface area contributed by atoms with Crippen molar-refractivity contribution in [1.29, 1.82) is 0 Å². The van der Waals surface area contributed by atoms with Crippen LogP contribution in [0.15, 0.2) is 24.4 Å². The topological polar surface area (TPSA) is 121 Å². The molecule has 41 heavy (non-hydrogen) atoms. The number of methoxy groups -OCH3 is 1. The van der Waals surface area contributed by atoms with Gasteiger partial charge < -0.3 is 35.2 Å². The van der Waals surface area contributed by atoms with Crippen molar-refractivity contribution in [2.24, 2.45) is 0 Å². The molecule has 3 heterocycles. The molecule has 4 rings (SSSR count). The summed E-state index contributed by atoms with van der Waals surface area (Å²) in [6.45, 7) is 3.64. The van der Waals surface area contributed by atoms with Gasteiger partial charge in [-0.3, -0.25) is 9.59 Å². The summed E-state index contributed by atoms with van der Waals surface area (Å²) >= 11 is 0. The molecule has 2 aliphatic heterocycles. The lowest BCUT2D eigenvalue weighted by molar-refractivity contribution is -0.137. The maximum Gasteiger partial charge on any atom is 0.421 e. The van der Waals surface area contributed by atoms with E-state index in [1.54, 1.807) is 23.1 Å². The molecule has 1 aromatic heterocycles. The van der Waals surface area contributed by atoms with E-state index in [4.69, 9.17) is 9.47 Å². The van der Waals surface area contributed by atoms with Crippen LogP contribution in [0.2, 0.25) is 0 Å². The normalized spacial score (nSPS) is 17.2. The second kappa shape index (κ2) is 13.8. The van der Waals surface area contributed by atoms with Crippen LogP contribution in [-0.4, -0.2) is 97.7 Å². The van der Waals surface area contributed by atoms with Crippen LogP contribution in [0, 0.1) is 0 Å². The fourth-order valence-electron chi connectivity index (χ4n) is 4.69. The summed E-state index contributed by atoms with van der Waals surface area (Å²) in [6, 6.07) is 4.85. The van der Waals surface area contributed by atoms with E-state index >= 15 is 0 Å². The Labute approximate surface area is 236 Å². The molecule has 0 bridgehead atoms. The van der Waals surface area contributed by atoms with E-state index in [9.17, 15) is 22.8 Å². The van der Waals surface area contributed by atoms with Gasteiger partial charge in [0, 0.05) is 37.4 Å². The highest BCUT2D eigenvalue weighted by atomic mass is 19.4. The number of carbonyl (C=O) groups excluding carboxylic acids is 2. The number of ether oxygens (including phenoxy) is 2. The smallest absolute Gasteiger partial charge is 0.421 e. The van der Waals surface area contributed by atoms with E-state index < -0.39 is 11.7 Å². The fourth-order valence-corrected chi connectivity index (χ4v) is 4.69. The molecule has 224 valence electrons. The minimum absolute atomic E-state index is 0.0359. The number of likely N-dealkylation sites (tertiary alicyclic amines) is 1. The summed E-state index contributed by atoms with van der Waals surface area (Å²) in [5.74, 6) is -0.414. The van der Waals surface area contributed by atoms with Crippen LogP contribution in [0.25, 0.3) is 0 Å². The first-order valence-corrected chi connectivity index (χ1v) is 13.6. The Bertz CT molecular complexity index is 1210. The van der Waals surface area contributed by atoms with E-state index in [0.29, 0.717) is 62.3 Å². The molecule has 0 aliphatic carbocycles. The zero-order valence-electron chi connectivity index (χ0n) is 23.2. The van der Waals surface area contributed by atoms with Crippen molar-refractivity contribution in [3.05, 3.63) is 35.5 Å². The Kier molecular flexibility index (Phi) is 10.2. The Morgan fingerprint density at radius 1 is 1.20 bits per heavy atom. The van der Waals surface area contributed by atoms with Crippen molar-refractivity contribution >= 4 is 29.3 Å². The first kappa shape index (κ1) is 30.3. The van der Waals surface area contributed by atoms with Crippen molar-refractivity contribution < 1.29 is 32.2 Å². The lowest BCUT2D eigenvalue weighted by atomic mass is 10.0. The molecule has 2 aliphatic rings. The molecule has 1 aromatic carbocycles. The Morgan fingerprint density at radius 3 is 2.71 bits per heavy atom. The zero-order valence-corrected chi connectivity index (χ0v) is 23.2. The van der Waals surface area contributed by atoms with Gasteiger partial charge in [-0.2, -0.15) is 18.2 Å². The van der Waals surface area contributed by atoms with Crippen LogP contribution in [0.4, 0.5) is 30.6 Å². The van der Waals surface area contributed by atoms with Gasteiger partial charge in [0.05, 0.1) is 32.4 Å². The summed E-state index contributed by atoms with van der Waals surface area (Å²) in [5.41, 5.74) is -0.220. The number of rotatable bonds is 10. The van der Waals surface area contributed by atoms with Crippen molar-refractivity contribution in [2.75, 3.05) is 70.7 Å². The third-order valence-electron chi connectivity index (χ3n) is 7.07. The molecular weight excluding hydrogens is 543 g/mol. The number of amides is 2. The predicted octanol–water partition coefficient (Wildman–Crippen LogP) is 3.12. The monoisotopic (exact) mass is 579 g/mol. The average molecular weight is 580 g/mol. The molecule has 0 saturated carbocycles. The van der Waals surface area contributed by atoms with Gasteiger partial charge in [-0.05, 0) is 57.6 Å². The summed E-state index contributed by atoms with van der Waals surface area (Å²) in [6.07, 6.45) is -1.51. The maximum atomic E-state index is 13.7. The van der Waals surface area contributed by atoms with E-state index in [2.05, 4.69) is 30.8 Å². The number of anilines is 3. The number of benzene rings is 1. The molecular formula is C27H36F3N7O4. The maximum absolute atomic E-state index is 13.7. The largest absolute Gasteiger partial charge is 0.495 e. The van der Waals surface area contributed by atoms with E-state index in [-0.39, 0.29) is 36.2 Å². The van der Waals surface area contributed by atoms with Gasteiger partial charge in [0.2, 0.25) is 11.9 Å². The lowest BCUT2D eigenvalue weighted by Crippen LogP contribution is -2.43. The molecule has 0 spiro atoms. The second-order valence-corrected chi connectivity index (χ2v) is 10.1. The zero-order chi connectivity index (χ0) is 29.4. The highest BCUT2D eigenvalue weighted by molar-refractivity contribution is 5.95. The van der Waals surface area contributed by atoms with E-state index in [0.717, 1.165) is 25.9 Å². The molecule has 0 radical (unpaired) electrons. The van der Waals surface area contributed by atoms with Gasteiger partial charge >= 0.3 is 6.18 Å². The average Bonchev–Trinajstić information content (AvgIpc) is 3.15. The Morgan fingerprint density at radius 2 is 1.98 bits per heavy atom. The number of nitrogens with one attached hydrogen (secondary N) is 3. The van der Waals surface area contributed by atoms with Crippen molar-refractivity contribution in [2.45, 2.75) is 37.9 Å². The molecule has 0 unspecified atom stereocenters. The molecule has 2 aromatic rings. The fraction of sp³-hybridized carbons (Fsp3) is 0.556. The number of aromatic nitrogens is 2. The van der Waals surface area contributed by atoms with Gasteiger partial charge in [-0.1, -0.05) is 0 Å². The van der Waals surface area contributed by atoms with Crippen LogP contribution in [0.5, 0.6) is 5.75 Å². The molecule has 2 saturated heterocycles. The molecule has 11 nitrogen and oxygen atoms in total. The van der Waals surface area contributed by atoms with E-state index in [1.807, 2.05) is 7.05 Å². The number of halogens is 3. The molecule has 2 amide bonds. The number of piperidine rings is 1. The Hall–Kier alpha value is -3.65. The summed E-state index contributed by atoms with van der Waals surface area (Å²) < 4.78 is 51.7. The Balaban J connectivity index is 1.42. The summed E-state index contributed by atoms with van der Waals surface area (Å²) in [4.78, 5) is 36.7. The van der Waals surface area contributed by atoms with Gasteiger partial charge in [0.1, 0.15) is 17.1 Å². The third-order valence-corrected chi connectivity index (χ3v) is 7.07. The lowest BCUT2D eigenvalue weighted by Gasteiger charge is -2.29. The molecule has 3 N–H and O–H groups in total. The number of nitrogens with zero attached hydrogens (tertiary/aromatic N) is 4. The van der Waals surface area contributed by atoms with E-state index in [1.165, 1.54) is 7.11 Å². The van der Waals surface area contributed by atoms with Crippen LogP contribution in [-0.2, 0) is 15.7 Å². The molecule has 2 fully saturated rings. The highest BCUT2D eigenvalue weighted by Gasteiger charge is 2.35. The van der Waals surface area contributed by atoms with Crippen LogP contribution in [0.3, 0.4) is 0 Å². The number of hydrogen-bond donors (Lipinski definition) is 3. The second-order valence-electron chi connectivity index (χ2n) is 10.1. The van der Waals surface area contributed by atoms with Crippen molar-refractivity contribution in [3.63, 3.8) is 0 Å². The van der Waals surface area contributed by atoms with Crippen LogP contribution in [0.1, 0.15) is 41.6 Å². The summed E-state index contributed by atoms with van der Waals surface area (Å²) in [7, 11) is 3.48. The SMILES string of the molecule is COc1cc(C(=O)NC2CCN(C)CC2)ccc1Nc1ncc(C(F)(F)F)c(NCCCN2CCOCCC2=O)n1. The minimum Gasteiger partial charge on any atom is -0.495 e. The van der Waals surface area contributed by atoms with Gasteiger partial charge in [0.15, 0.2) is 0 Å². The van der Waals surface area contributed by atoms with Gasteiger partial charge in [0.25, 0.3) is 5.91 Å². The predicted molar refractivity (Wildman–Crippen MR) is 146 cm³/mol. The first-order chi connectivity index (χ1) is 19.6. The van der Waals surface area contributed by atoms with Crippen molar-refractivity contribution in [3.8, 4) is 5.75 Å². The first-order valence-electron chi connectivity index (χ1n) is 13.6. The highest BCUT2D eigenvalue weighted by Crippen LogP contribution is 2.35. The molecule has 0 atom stereocenters. The molecule has 14 heteroatoms.